The zero-order valence-electron chi connectivity index (χ0n) is 20.9. The molecule has 4 heterocycles. The Morgan fingerprint density at radius 3 is 2.66 bits per heavy atom. The van der Waals surface area contributed by atoms with Crippen LogP contribution in [0.15, 0.2) is 60.7 Å². The van der Waals surface area contributed by atoms with Crippen molar-refractivity contribution in [3.63, 3.8) is 0 Å². The first kappa shape index (κ1) is 22.8. The molecule has 0 bridgehead atoms. The first-order valence-electron chi connectivity index (χ1n) is 12.9. The number of ether oxygens (including phenoxy) is 2. The van der Waals surface area contributed by atoms with E-state index in [2.05, 4.69) is 20.9 Å². The van der Waals surface area contributed by atoms with Crippen molar-refractivity contribution in [1.82, 2.24) is 24.7 Å². The van der Waals surface area contributed by atoms with Crippen molar-refractivity contribution in [3.8, 4) is 22.9 Å². The number of carbonyl (C=O) groups excluding carboxylic acids is 2. The van der Waals surface area contributed by atoms with Crippen LogP contribution in [0.2, 0.25) is 0 Å². The van der Waals surface area contributed by atoms with Crippen molar-refractivity contribution in [2.75, 3.05) is 39.5 Å². The fraction of sp³-hybridized carbons (Fsp3) is 0.276. The van der Waals surface area contributed by atoms with Gasteiger partial charge in [-0.3, -0.25) is 14.5 Å². The summed E-state index contributed by atoms with van der Waals surface area (Å²) in [6.07, 6.45) is 0. The number of para-hydroxylation sites is 1. The Morgan fingerprint density at radius 1 is 0.921 bits per heavy atom. The number of aromatic nitrogens is 2. The molecule has 1 aromatic heterocycles. The number of amides is 2. The quantitative estimate of drug-likeness (QED) is 0.455. The van der Waals surface area contributed by atoms with Crippen LogP contribution in [0.25, 0.3) is 22.4 Å². The third kappa shape index (κ3) is 3.95. The molecule has 0 unspecified atom stereocenters. The van der Waals surface area contributed by atoms with Gasteiger partial charge in [0.2, 0.25) is 6.79 Å². The van der Waals surface area contributed by atoms with E-state index in [1.54, 1.807) is 0 Å². The summed E-state index contributed by atoms with van der Waals surface area (Å²) in [7, 11) is 0. The lowest BCUT2D eigenvalue weighted by atomic mass is 10.1. The summed E-state index contributed by atoms with van der Waals surface area (Å²) in [5, 5.41) is 2.95. The average molecular weight is 510 g/mol. The van der Waals surface area contributed by atoms with Gasteiger partial charge in [0.15, 0.2) is 11.5 Å². The zero-order valence-corrected chi connectivity index (χ0v) is 20.9. The molecule has 9 heteroatoms. The van der Waals surface area contributed by atoms with Gasteiger partial charge in [0, 0.05) is 56.9 Å². The van der Waals surface area contributed by atoms with Crippen molar-refractivity contribution in [2.24, 2.45) is 0 Å². The second-order valence-corrected chi connectivity index (χ2v) is 9.85. The molecule has 1 fully saturated rings. The molecular weight excluding hydrogens is 482 g/mol. The lowest BCUT2D eigenvalue weighted by Crippen LogP contribution is -2.48. The van der Waals surface area contributed by atoms with Gasteiger partial charge in [-0.05, 0) is 42.0 Å². The van der Waals surface area contributed by atoms with E-state index >= 15 is 0 Å². The van der Waals surface area contributed by atoms with Gasteiger partial charge in [0.1, 0.15) is 5.82 Å². The minimum atomic E-state index is -0.0811. The lowest BCUT2D eigenvalue weighted by molar-refractivity contribution is 0.0628. The van der Waals surface area contributed by atoms with Gasteiger partial charge in [-0.15, -0.1) is 0 Å². The Kier molecular flexibility index (Phi) is 5.51. The van der Waals surface area contributed by atoms with E-state index in [1.807, 2.05) is 59.5 Å². The number of carbonyl (C=O) groups is 2. The van der Waals surface area contributed by atoms with E-state index in [9.17, 15) is 9.59 Å². The molecule has 0 saturated carbocycles. The number of rotatable bonds is 4. The number of piperazine rings is 1. The summed E-state index contributed by atoms with van der Waals surface area (Å²) < 4.78 is 13.0. The van der Waals surface area contributed by atoms with Crippen LogP contribution in [0, 0.1) is 0 Å². The van der Waals surface area contributed by atoms with Crippen LogP contribution >= 0.6 is 0 Å². The van der Waals surface area contributed by atoms with Crippen molar-refractivity contribution in [1.29, 1.82) is 0 Å². The summed E-state index contributed by atoms with van der Waals surface area (Å²) in [6.45, 7) is 5.19. The predicted molar refractivity (Wildman–Crippen MR) is 141 cm³/mol. The molecule has 3 aliphatic rings. The highest BCUT2D eigenvalue weighted by Gasteiger charge is 2.25. The highest BCUT2D eigenvalue weighted by molar-refractivity contribution is 6.06. The average Bonchev–Trinajstić information content (AvgIpc) is 3.53. The van der Waals surface area contributed by atoms with Crippen LogP contribution in [0.4, 0.5) is 0 Å². The Bertz CT molecular complexity index is 1570. The van der Waals surface area contributed by atoms with Crippen LogP contribution in [-0.2, 0) is 13.1 Å². The number of benzene rings is 3. The third-order valence-corrected chi connectivity index (χ3v) is 7.50. The highest BCUT2D eigenvalue weighted by atomic mass is 16.7. The lowest BCUT2D eigenvalue weighted by Gasteiger charge is -2.34. The summed E-state index contributed by atoms with van der Waals surface area (Å²) in [6, 6.07) is 19.4. The number of nitrogens with one attached hydrogen (secondary N) is 1. The Balaban J connectivity index is 1.08. The number of fused-ring (bicyclic) bond motifs is 1. The summed E-state index contributed by atoms with van der Waals surface area (Å²) in [5.74, 6) is 2.30. The summed E-state index contributed by atoms with van der Waals surface area (Å²) >= 11 is 0. The van der Waals surface area contributed by atoms with Crippen LogP contribution in [0.3, 0.4) is 0 Å². The van der Waals surface area contributed by atoms with E-state index in [-0.39, 0.29) is 18.6 Å². The van der Waals surface area contributed by atoms with Crippen LogP contribution < -0.4 is 14.8 Å². The Hall–Kier alpha value is -4.37. The normalized spacial score (nSPS) is 16.9. The second kappa shape index (κ2) is 9.18. The van der Waals surface area contributed by atoms with Gasteiger partial charge in [-0.25, -0.2) is 4.98 Å². The molecule has 9 nitrogen and oxygen atoms in total. The van der Waals surface area contributed by atoms with Crippen LogP contribution in [-0.4, -0.2) is 70.7 Å². The number of nitrogens with zero attached hydrogens (tertiary/aromatic N) is 4. The van der Waals surface area contributed by atoms with Gasteiger partial charge in [-0.1, -0.05) is 24.3 Å². The molecule has 1 saturated heterocycles. The van der Waals surface area contributed by atoms with Crippen molar-refractivity contribution in [3.05, 3.63) is 77.4 Å². The molecule has 3 aliphatic heterocycles. The smallest absolute Gasteiger partial charge is 0.253 e. The predicted octanol–water partition coefficient (Wildman–Crippen LogP) is 3.13. The fourth-order valence-corrected chi connectivity index (χ4v) is 5.56. The minimum absolute atomic E-state index is 0.0269. The molecule has 7 rings (SSSR count). The molecule has 192 valence electrons. The SMILES string of the molecule is O=C1NCCn2c(-c3cccc(C(=O)N4CCN(Cc5ccc6c(c5)OCO6)CC4)c3)nc3cccc1c32. The molecule has 0 radical (unpaired) electrons. The molecule has 4 aromatic rings. The molecule has 0 atom stereocenters. The Labute approximate surface area is 219 Å². The number of hydrogen-bond donors (Lipinski definition) is 1. The second-order valence-electron chi connectivity index (χ2n) is 9.85. The zero-order chi connectivity index (χ0) is 25.6. The van der Waals surface area contributed by atoms with E-state index < -0.39 is 0 Å². The van der Waals surface area contributed by atoms with Crippen molar-refractivity contribution < 1.29 is 19.1 Å². The van der Waals surface area contributed by atoms with Crippen molar-refractivity contribution >= 4 is 22.8 Å². The minimum Gasteiger partial charge on any atom is -0.454 e. The maximum atomic E-state index is 13.5. The first-order chi connectivity index (χ1) is 18.6. The number of imidazole rings is 1. The third-order valence-electron chi connectivity index (χ3n) is 7.50. The monoisotopic (exact) mass is 509 g/mol. The van der Waals surface area contributed by atoms with Gasteiger partial charge in [0.25, 0.3) is 11.8 Å². The standard InChI is InChI=1S/C29H27N5O4/c35-28-22-5-2-6-23-26(22)34(10-9-30-28)27(31-23)20-3-1-4-21(16-20)29(36)33-13-11-32(12-14-33)17-19-7-8-24-25(15-19)38-18-37-24/h1-8,15-16H,9-14,17-18H2,(H,30,35). The molecule has 38 heavy (non-hydrogen) atoms. The van der Waals surface area contributed by atoms with E-state index in [0.29, 0.717) is 37.3 Å². The molecule has 3 aromatic carbocycles. The Morgan fingerprint density at radius 2 is 1.76 bits per heavy atom. The molecule has 2 amide bonds. The molecular formula is C29H27N5O4. The number of hydrogen-bond acceptors (Lipinski definition) is 6. The van der Waals surface area contributed by atoms with Gasteiger partial charge in [-0.2, -0.15) is 0 Å². The molecule has 0 aliphatic carbocycles. The van der Waals surface area contributed by atoms with Gasteiger partial charge < -0.3 is 24.3 Å². The molecule has 1 N–H and O–H groups in total. The largest absolute Gasteiger partial charge is 0.454 e. The van der Waals surface area contributed by atoms with Crippen molar-refractivity contribution in [2.45, 2.75) is 13.1 Å². The first-order valence-corrected chi connectivity index (χ1v) is 12.9. The van der Waals surface area contributed by atoms with E-state index in [0.717, 1.165) is 53.6 Å². The van der Waals surface area contributed by atoms with Gasteiger partial charge >= 0.3 is 0 Å². The summed E-state index contributed by atoms with van der Waals surface area (Å²) in [4.78, 5) is 35.1. The maximum Gasteiger partial charge on any atom is 0.253 e. The van der Waals surface area contributed by atoms with Crippen LogP contribution in [0.5, 0.6) is 11.5 Å². The maximum absolute atomic E-state index is 13.5. The van der Waals surface area contributed by atoms with E-state index in [1.165, 1.54) is 5.56 Å². The van der Waals surface area contributed by atoms with Crippen LogP contribution in [0.1, 0.15) is 26.3 Å². The summed E-state index contributed by atoms with van der Waals surface area (Å²) in [5.41, 5.74) is 4.94. The molecule has 0 spiro atoms. The topological polar surface area (TPSA) is 88.9 Å². The van der Waals surface area contributed by atoms with E-state index in [4.69, 9.17) is 14.5 Å². The van der Waals surface area contributed by atoms with Gasteiger partial charge in [0.05, 0.1) is 16.6 Å². The fourth-order valence-electron chi connectivity index (χ4n) is 5.56. The highest BCUT2D eigenvalue weighted by Crippen LogP contribution is 2.33.